The average Bonchev–Trinajstić information content (AvgIpc) is 2.35. The Hall–Kier alpha value is -1.50. The predicted octanol–water partition coefficient (Wildman–Crippen LogP) is 0.907. The highest BCUT2D eigenvalue weighted by Crippen LogP contribution is 2.23. The van der Waals surface area contributed by atoms with Gasteiger partial charge in [-0.3, -0.25) is 10.1 Å². The molecule has 1 aromatic carbocycles. The molecule has 0 spiro atoms. The van der Waals surface area contributed by atoms with Crippen molar-refractivity contribution >= 4 is 5.69 Å². The van der Waals surface area contributed by atoms with E-state index in [1.165, 1.54) is 6.07 Å². The molecule has 0 fully saturated rings. The van der Waals surface area contributed by atoms with Gasteiger partial charge in [0.25, 0.3) is 5.69 Å². The minimum Gasteiger partial charge on any atom is -0.394 e. The van der Waals surface area contributed by atoms with Crippen molar-refractivity contribution in [2.75, 3.05) is 13.2 Å². The van der Waals surface area contributed by atoms with Crippen molar-refractivity contribution < 1.29 is 15.1 Å². The van der Waals surface area contributed by atoms with Crippen LogP contribution in [0.15, 0.2) is 18.2 Å². The number of benzene rings is 1. The number of aliphatic hydroxyl groups excluding tert-OH is 2. The van der Waals surface area contributed by atoms with E-state index in [-0.39, 0.29) is 24.9 Å². The summed E-state index contributed by atoms with van der Waals surface area (Å²) in [6.07, 6.45) is -0.826. The van der Waals surface area contributed by atoms with Crippen LogP contribution in [0, 0.1) is 17.0 Å². The topological polar surface area (TPSA) is 95.6 Å². The first kappa shape index (κ1) is 14.6. The van der Waals surface area contributed by atoms with Crippen molar-refractivity contribution in [2.45, 2.75) is 26.0 Å². The van der Waals surface area contributed by atoms with Gasteiger partial charge in [-0.15, -0.1) is 0 Å². The molecular formula is C12H18N2O4. The number of nitro groups is 1. The summed E-state index contributed by atoms with van der Waals surface area (Å²) in [6, 6.07) is 4.91. The normalized spacial score (nSPS) is 14.2. The molecule has 0 aliphatic heterocycles. The van der Waals surface area contributed by atoms with Crippen LogP contribution in [0.3, 0.4) is 0 Å². The summed E-state index contributed by atoms with van der Waals surface area (Å²) in [5, 5.41) is 31.7. The van der Waals surface area contributed by atoms with E-state index in [0.29, 0.717) is 5.56 Å². The highest BCUT2D eigenvalue weighted by atomic mass is 16.6. The van der Waals surface area contributed by atoms with E-state index in [1.54, 1.807) is 13.0 Å². The molecule has 0 radical (unpaired) electrons. The number of hydrogen-bond donors (Lipinski definition) is 3. The number of nitrogens with zero attached hydrogens (tertiary/aromatic N) is 1. The molecule has 3 N–H and O–H groups in total. The van der Waals surface area contributed by atoms with Crippen molar-refractivity contribution in [3.8, 4) is 0 Å². The van der Waals surface area contributed by atoms with Gasteiger partial charge in [-0.1, -0.05) is 12.1 Å². The summed E-state index contributed by atoms with van der Waals surface area (Å²) in [5.74, 6) is 0. The maximum absolute atomic E-state index is 10.8. The maximum Gasteiger partial charge on any atom is 0.272 e. The SMILES string of the molecule is Cc1ccc(C(C)NCC(O)CO)cc1[N+](=O)[O-]. The second-order valence-electron chi connectivity index (χ2n) is 4.27. The third-order valence-electron chi connectivity index (χ3n) is 2.80. The molecule has 100 valence electrons. The van der Waals surface area contributed by atoms with Crippen LogP contribution in [0.4, 0.5) is 5.69 Å². The number of rotatable bonds is 6. The maximum atomic E-state index is 10.8. The molecule has 2 atom stereocenters. The van der Waals surface area contributed by atoms with Crippen molar-refractivity contribution in [2.24, 2.45) is 0 Å². The van der Waals surface area contributed by atoms with Gasteiger partial charge in [0, 0.05) is 24.2 Å². The Kier molecular flexibility index (Phi) is 5.21. The quantitative estimate of drug-likeness (QED) is 0.518. The summed E-state index contributed by atoms with van der Waals surface area (Å²) >= 11 is 0. The van der Waals surface area contributed by atoms with E-state index < -0.39 is 11.0 Å². The zero-order valence-electron chi connectivity index (χ0n) is 10.5. The zero-order chi connectivity index (χ0) is 13.7. The fourth-order valence-corrected chi connectivity index (χ4v) is 1.59. The lowest BCUT2D eigenvalue weighted by Gasteiger charge is -2.16. The Morgan fingerprint density at radius 3 is 2.72 bits per heavy atom. The van der Waals surface area contributed by atoms with Crippen molar-refractivity contribution in [3.05, 3.63) is 39.4 Å². The van der Waals surface area contributed by atoms with Gasteiger partial charge in [0.2, 0.25) is 0 Å². The highest BCUT2D eigenvalue weighted by molar-refractivity contribution is 5.43. The first-order valence-electron chi connectivity index (χ1n) is 5.73. The molecule has 0 aliphatic rings. The minimum absolute atomic E-state index is 0.0869. The molecule has 6 heteroatoms. The Morgan fingerprint density at radius 1 is 1.50 bits per heavy atom. The van der Waals surface area contributed by atoms with E-state index in [0.717, 1.165) is 5.56 Å². The highest BCUT2D eigenvalue weighted by Gasteiger charge is 2.14. The summed E-state index contributed by atoms with van der Waals surface area (Å²) in [7, 11) is 0. The van der Waals surface area contributed by atoms with Crippen molar-refractivity contribution in [3.63, 3.8) is 0 Å². The van der Waals surface area contributed by atoms with Gasteiger partial charge in [0.05, 0.1) is 17.6 Å². The summed E-state index contributed by atoms with van der Waals surface area (Å²) in [6.45, 7) is 3.46. The minimum atomic E-state index is -0.826. The van der Waals surface area contributed by atoms with E-state index in [4.69, 9.17) is 5.11 Å². The number of aliphatic hydroxyl groups is 2. The van der Waals surface area contributed by atoms with E-state index in [2.05, 4.69) is 5.32 Å². The molecule has 1 aromatic rings. The molecule has 1 rings (SSSR count). The summed E-state index contributed by atoms with van der Waals surface area (Å²) < 4.78 is 0. The molecule has 0 heterocycles. The van der Waals surface area contributed by atoms with Crippen LogP contribution in [-0.4, -0.2) is 34.4 Å². The summed E-state index contributed by atoms with van der Waals surface area (Å²) in [5.41, 5.74) is 1.48. The number of nitrogens with one attached hydrogen (secondary N) is 1. The van der Waals surface area contributed by atoms with Gasteiger partial charge in [-0.05, 0) is 19.4 Å². The smallest absolute Gasteiger partial charge is 0.272 e. The lowest BCUT2D eigenvalue weighted by molar-refractivity contribution is -0.385. The fourth-order valence-electron chi connectivity index (χ4n) is 1.59. The van der Waals surface area contributed by atoms with Crippen LogP contribution in [0.2, 0.25) is 0 Å². The standard InChI is InChI=1S/C12H18N2O4/c1-8-3-4-10(5-12(8)14(17)18)9(2)13-6-11(16)7-15/h3-5,9,11,13,15-16H,6-7H2,1-2H3. The second kappa shape index (κ2) is 6.44. The monoisotopic (exact) mass is 254 g/mol. The van der Waals surface area contributed by atoms with Crippen LogP contribution < -0.4 is 5.32 Å². The van der Waals surface area contributed by atoms with Gasteiger partial charge in [-0.25, -0.2) is 0 Å². The molecule has 6 nitrogen and oxygen atoms in total. The Morgan fingerprint density at radius 2 is 2.17 bits per heavy atom. The molecule has 0 saturated heterocycles. The Balaban J connectivity index is 2.77. The molecule has 0 aromatic heterocycles. The molecule has 0 saturated carbocycles. The van der Waals surface area contributed by atoms with Gasteiger partial charge in [0.15, 0.2) is 0 Å². The molecule has 2 unspecified atom stereocenters. The molecule has 0 aliphatic carbocycles. The van der Waals surface area contributed by atoms with Gasteiger partial charge in [-0.2, -0.15) is 0 Å². The third-order valence-corrected chi connectivity index (χ3v) is 2.80. The lowest BCUT2D eigenvalue weighted by atomic mass is 10.0. The molecule has 0 amide bonds. The van der Waals surface area contributed by atoms with Gasteiger partial charge in [0.1, 0.15) is 0 Å². The number of nitro benzene ring substituents is 1. The second-order valence-corrected chi connectivity index (χ2v) is 4.27. The van der Waals surface area contributed by atoms with Crippen molar-refractivity contribution in [1.29, 1.82) is 0 Å². The Bertz CT molecular complexity index is 423. The average molecular weight is 254 g/mol. The fraction of sp³-hybridized carbons (Fsp3) is 0.500. The van der Waals surface area contributed by atoms with Crippen LogP contribution in [0.5, 0.6) is 0 Å². The summed E-state index contributed by atoms with van der Waals surface area (Å²) in [4.78, 5) is 10.4. The van der Waals surface area contributed by atoms with Crippen LogP contribution in [0.1, 0.15) is 24.1 Å². The first-order valence-corrected chi connectivity index (χ1v) is 5.73. The number of hydrogen-bond acceptors (Lipinski definition) is 5. The van der Waals surface area contributed by atoms with E-state index in [9.17, 15) is 15.2 Å². The van der Waals surface area contributed by atoms with Gasteiger partial charge >= 0.3 is 0 Å². The van der Waals surface area contributed by atoms with E-state index in [1.807, 2.05) is 13.0 Å². The van der Waals surface area contributed by atoms with Crippen LogP contribution in [0.25, 0.3) is 0 Å². The first-order chi connectivity index (χ1) is 8.45. The predicted molar refractivity (Wildman–Crippen MR) is 67.3 cm³/mol. The van der Waals surface area contributed by atoms with E-state index >= 15 is 0 Å². The largest absolute Gasteiger partial charge is 0.394 e. The number of aryl methyl sites for hydroxylation is 1. The van der Waals surface area contributed by atoms with Crippen molar-refractivity contribution in [1.82, 2.24) is 5.32 Å². The molecule has 18 heavy (non-hydrogen) atoms. The zero-order valence-corrected chi connectivity index (χ0v) is 10.5. The van der Waals surface area contributed by atoms with Gasteiger partial charge < -0.3 is 15.5 Å². The lowest BCUT2D eigenvalue weighted by Crippen LogP contribution is -2.31. The Labute approximate surface area is 105 Å². The molecular weight excluding hydrogens is 236 g/mol. The van der Waals surface area contributed by atoms with Crippen LogP contribution in [-0.2, 0) is 0 Å². The third kappa shape index (κ3) is 3.76. The molecule has 0 bridgehead atoms. The van der Waals surface area contributed by atoms with Crippen LogP contribution >= 0.6 is 0 Å².